The van der Waals surface area contributed by atoms with Crippen LogP contribution in [0.15, 0.2) is 24.3 Å². The van der Waals surface area contributed by atoms with Crippen molar-refractivity contribution in [2.75, 3.05) is 0 Å². The van der Waals surface area contributed by atoms with E-state index in [-0.39, 0.29) is 6.10 Å². The van der Waals surface area contributed by atoms with Crippen molar-refractivity contribution in [3.05, 3.63) is 29.8 Å². The van der Waals surface area contributed by atoms with Gasteiger partial charge in [-0.1, -0.05) is 25.5 Å². The highest BCUT2D eigenvalue weighted by Crippen LogP contribution is 2.41. The first-order chi connectivity index (χ1) is 9.03. The van der Waals surface area contributed by atoms with Gasteiger partial charge >= 0.3 is 0 Å². The van der Waals surface area contributed by atoms with Crippen LogP contribution in [-0.2, 0) is 5.60 Å². The fourth-order valence-corrected chi connectivity index (χ4v) is 2.98. The van der Waals surface area contributed by atoms with Crippen molar-refractivity contribution in [3.8, 4) is 5.75 Å². The summed E-state index contributed by atoms with van der Waals surface area (Å²) >= 11 is 0. The van der Waals surface area contributed by atoms with Gasteiger partial charge in [0.25, 0.3) is 0 Å². The smallest absolute Gasteiger partial charge is 0.120 e. The molecule has 0 aromatic heterocycles. The Morgan fingerprint density at radius 2 is 2.00 bits per heavy atom. The topological polar surface area (TPSA) is 29.5 Å². The largest absolute Gasteiger partial charge is 0.491 e. The Morgan fingerprint density at radius 1 is 1.32 bits per heavy atom. The molecule has 0 spiro atoms. The summed E-state index contributed by atoms with van der Waals surface area (Å²) in [7, 11) is 0. The first kappa shape index (κ1) is 14.4. The normalized spacial score (nSPS) is 27.5. The molecule has 19 heavy (non-hydrogen) atoms. The Balaban J connectivity index is 2.12. The molecule has 0 unspecified atom stereocenters. The van der Waals surface area contributed by atoms with Gasteiger partial charge in [-0.2, -0.15) is 0 Å². The van der Waals surface area contributed by atoms with Crippen LogP contribution in [0.2, 0.25) is 0 Å². The minimum Gasteiger partial charge on any atom is -0.491 e. The van der Waals surface area contributed by atoms with E-state index in [1.165, 1.54) is 6.42 Å². The Labute approximate surface area is 116 Å². The van der Waals surface area contributed by atoms with Crippen LogP contribution in [0, 0.1) is 5.92 Å². The lowest BCUT2D eigenvalue weighted by Crippen LogP contribution is -2.31. The van der Waals surface area contributed by atoms with E-state index in [9.17, 15) is 5.11 Å². The number of hydrogen-bond donors (Lipinski definition) is 1. The van der Waals surface area contributed by atoms with Gasteiger partial charge in [-0.15, -0.1) is 0 Å². The first-order valence-corrected chi connectivity index (χ1v) is 7.53. The summed E-state index contributed by atoms with van der Waals surface area (Å²) in [4.78, 5) is 0. The lowest BCUT2D eigenvalue weighted by atomic mass is 9.74. The molecule has 1 aliphatic rings. The predicted molar refractivity (Wildman–Crippen MR) is 78.4 cm³/mol. The van der Waals surface area contributed by atoms with Gasteiger partial charge in [-0.3, -0.25) is 0 Å². The second kappa shape index (κ2) is 5.96. The Morgan fingerprint density at radius 3 is 2.58 bits per heavy atom. The SMILES string of the molecule is CCC1CCC(O)(c2cccc(OC(C)C)c2)CC1. The van der Waals surface area contributed by atoms with Crippen molar-refractivity contribution in [1.29, 1.82) is 0 Å². The van der Waals surface area contributed by atoms with E-state index in [1.807, 2.05) is 38.1 Å². The van der Waals surface area contributed by atoms with E-state index in [2.05, 4.69) is 6.92 Å². The van der Waals surface area contributed by atoms with Gasteiger partial charge in [0, 0.05) is 0 Å². The molecule has 0 heterocycles. The van der Waals surface area contributed by atoms with Crippen LogP contribution >= 0.6 is 0 Å². The first-order valence-electron chi connectivity index (χ1n) is 7.53. The quantitative estimate of drug-likeness (QED) is 0.878. The van der Waals surface area contributed by atoms with Crippen molar-refractivity contribution in [2.45, 2.75) is 64.6 Å². The highest BCUT2D eigenvalue weighted by atomic mass is 16.5. The molecular weight excluding hydrogens is 236 g/mol. The molecule has 2 nitrogen and oxygen atoms in total. The number of ether oxygens (including phenoxy) is 1. The van der Waals surface area contributed by atoms with Gasteiger partial charge in [0.2, 0.25) is 0 Å². The van der Waals surface area contributed by atoms with Crippen LogP contribution in [0.5, 0.6) is 5.75 Å². The zero-order valence-corrected chi connectivity index (χ0v) is 12.4. The molecule has 0 radical (unpaired) electrons. The lowest BCUT2D eigenvalue weighted by Gasteiger charge is -2.36. The third-order valence-electron chi connectivity index (χ3n) is 4.25. The molecule has 1 fully saturated rings. The summed E-state index contributed by atoms with van der Waals surface area (Å²) in [5, 5.41) is 10.9. The predicted octanol–water partition coefficient (Wildman–Crippen LogP) is 4.26. The van der Waals surface area contributed by atoms with Gasteiger partial charge in [-0.25, -0.2) is 0 Å². The molecule has 2 heteroatoms. The maximum Gasteiger partial charge on any atom is 0.120 e. The molecular formula is C17H26O2. The average molecular weight is 262 g/mol. The molecule has 1 aromatic rings. The molecule has 0 saturated heterocycles. The van der Waals surface area contributed by atoms with Gasteiger partial charge in [0.1, 0.15) is 5.75 Å². The minimum absolute atomic E-state index is 0.167. The average Bonchev–Trinajstić information content (AvgIpc) is 2.39. The number of benzene rings is 1. The maximum absolute atomic E-state index is 10.9. The summed E-state index contributed by atoms with van der Waals surface area (Å²) in [5.74, 6) is 1.65. The van der Waals surface area contributed by atoms with Gasteiger partial charge in [-0.05, 0) is 63.1 Å². The van der Waals surface area contributed by atoms with Crippen LogP contribution in [0.25, 0.3) is 0 Å². The van der Waals surface area contributed by atoms with Crippen LogP contribution in [0.3, 0.4) is 0 Å². The minimum atomic E-state index is -0.651. The standard InChI is InChI=1S/C17H26O2/c1-4-14-8-10-17(18,11-9-14)15-6-5-7-16(12-15)19-13(2)3/h5-7,12-14,18H,4,8-11H2,1-3H3. The number of rotatable bonds is 4. The number of hydrogen-bond acceptors (Lipinski definition) is 2. The molecule has 1 aliphatic carbocycles. The van der Waals surface area contributed by atoms with E-state index in [4.69, 9.17) is 4.74 Å². The van der Waals surface area contributed by atoms with Crippen LogP contribution in [0.1, 0.15) is 58.4 Å². The third-order valence-corrected chi connectivity index (χ3v) is 4.25. The van der Waals surface area contributed by atoms with E-state index < -0.39 is 5.60 Å². The monoisotopic (exact) mass is 262 g/mol. The Kier molecular flexibility index (Phi) is 4.51. The van der Waals surface area contributed by atoms with Crippen LogP contribution < -0.4 is 4.74 Å². The summed E-state index contributed by atoms with van der Waals surface area (Å²) in [6, 6.07) is 7.98. The van der Waals surface area contributed by atoms with Crippen molar-refractivity contribution < 1.29 is 9.84 Å². The van der Waals surface area contributed by atoms with E-state index in [0.29, 0.717) is 0 Å². The van der Waals surface area contributed by atoms with Crippen LogP contribution in [-0.4, -0.2) is 11.2 Å². The molecule has 1 N–H and O–H groups in total. The lowest BCUT2D eigenvalue weighted by molar-refractivity contribution is -0.0148. The van der Waals surface area contributed by atoms with Crippen molar-refractivity contribution in [2.24, 2.45) is 5.92 Å². The number of aliphatic hydroxyl groups is 1. The van der Waals surface area contributed by atoms with Crippen LogP contribution in [0.4, 0.5) is 0 Å². The zero-order valence-electron chi connectivity index (χ0n) is 12.4. The van der Waals surface area contributed by atoms with E-state index >= 15 is 0 Å². The maximum atomic E-state index is 10.9. The van der Waals surface area contributed by atoms with Crippen molar-refractivity contribution in [1.82, 2.24) is 0 Å². The Bertz CT molecular complexity index is 403. The van der Waals surface area contributed by atoms with Crippen molar-refractivity contribution in [3.63, 3.8) is 0 Å². The highest BCUT2D eigenvalue weighted by Gasteiger charge is 2.34. The van der Waals surface area contributed by atoms with E-state index in [0.717, 1.165) is 42.9 Å². The second-order valence-corrected chi connectivity index (χ2v) is 6.08. The summed E-state index contributed by atoms with van der Waals surface area (Å²) in [6.45, 7) is 6.29. The summed E-state index contributed by atoms with van der Waals surface area (Å²) < 4.78 is 5.72. The second-order valence-electron chi connectivity index (χ2n) is 6.08. The molecule has 1 saturated carbocycles. The fourth-order valence-electron chi connectivity index (χ4n) is 2.98. The summed E-state index contributed by atoms with van der Waals surface area (Å²) in [6.07, 6.45) is 5.39. The van der Waals surface area contributed by atoms with Gasteiger partial charge < -0.3 is 9.84 Å². The van der Waals surface area contributed by atoms with E-state index in [1.54, 1.807) is 0 Å². The molecule has 0 atom stereocenters. The molecule has 2 rings (SSSR count). The van der Waals surface area contributed by atoms with Crippen molar-refractivity contribution >= 4 is 0 Å². The van der Waals surface area contributed by atoms with Gasteiger partial charge in [0.15, 0.2) is 0 Å². The zero-order chi connectivity index (χ0) is 13.9. The molecule has 0 amide bonds. The molecule has 106 valence electrons. The molecule has 1 aromatic carbocycles. The fraction of sp³-hybridized carbons (Fsp3) is 0.647. The highest BCUT2D eigenvalue weighted by molar-refractivity contribution is 5.32. The molecule has 0 bridgehead atoms. The Hall–Kier alpha value is -1.02. The molecule has 0 aliphatic heterocycles. The summed E-state index contributed by atoms with van der Waals surface area (Å²) in [5.41, 5.74) is 0.363. The third kappa shape index (κ3) is 3.50. The van der Waals surface area contributed by atoms with Gasteiger partial charge in [0.05, 0.1) is 11.7 Å².